The molecule has 8 heteroatoms. The fourth-order valence-corrected chi connectivity index (χ4v) is 1.40. The SMILES string of the molecule is COC(=O)c1cc(C#N)c(OC(F)(F)F)c(CN)c1. The largest absolute Gasteiger partial charge is 0.573 e. The summed E-state index contributed by atoms with van der Waals surface area (Å²) in [6.45, 7) is -0.328. The molecule has 2 N–H and O–H groups in total. The summed E-state index contributed by atoms with van der Waals surface area (Å²) in [6, 6.07) is 3.57. The van der Waals surface area contributed by atoms with E-state index in [1.54, 1.807) is 0 Å². The van der Waals surface area contributed by atoms with Crippen LogP contribution in [-0.4, -0.2) is 19.4 Å². The number of halogens is 3. The lowest BCUT2D eigenvalue weighted by molar-refractivity contribution is -0.275. The molecule has 0 bridgehead atoms. The number of hydrogen-bond acceptors (Lipinski definition) is 5. The maximum Gasteiger partial charge on any atom is 0.573 e. The molecule has 1 rings (SSSR count). The molecule has 0 atom stereocenters. The summed E-state index contributed by atoms with van der Waals surface area (Å²) in [5.41, 5.74) is 4.66. The second-order valence-electron chi connectivity index (χ2n) is 3.37. The Kier molecular flexibility index (Phi) is 4.34. The smallest absolute Gasteiger partial charge is 0.465 e. The van der Waals surface area contributed by atoms with Gasteiger partial charge in [0.2, 0.25) is 0 Å². The van der Waals surface area contributed by atoms with Gasteiger partial charge in [-0.05, 0) is 12.1 Å². The Morgan fingerprint density at radius 3 is 2.53 bits per heavy atom. The van der Waals surface area contributed by atoms with Crippen LogP contribution < -0.4 is 10.5 Å². The predicted octanol–water partition coefficient (Wildman–Crippen LogP) is 1.70. The highest BCUT2D eigenvalue weighted by atomic mass is 19.4. The van der Waals surface area contributed by atoms with Crippen LogP contribution in [0.3, 0.4) is 0 Å². The van der Waals surface area contributed by atoms with Crippen LogP contribution in [0.1, 0.15) is 21.5 Å². The van der Waals surface area contributed by atoms with Crippen molar-refractivity contribution in [1.29, 1.82) is 5.26 Å². The van der Waals surface area contributed by atoms with E-state index < -0.39 is 23.6 Å². The van der Waals surface area contributed by atoms with Gasteiger partial charge in [-0.3, -0.25) is 0 Å². The molecule has 0 fully saturated rings. The van der Waals surface area contributed by atoms with Crippen LogP contribution in [0.5, 0.6) is 5.75 Å². The van der Waals surface area contributed by atoms with E-state index in [4.69, 9.17) is 11.0 Å². The van der Waals surface area contributed by atoms with Crippen molar-refractivity contribution in [2.24, 2.45) is 5.73 Å². The fraction of sp³-hybridized carbons (Fsp3) is 0.273. The van der Waals surface area contributed by atoms with E-state index in [-0.39, 0.29) is 17.7 Å². The third-order valence-electron chi connectivity index (χ3n) is 2.15. The van der Waals surface area contributed by atoms with Crippen molar-refractivity contribution >= 4 is 5.97 Å². The summed E-state index contributed by atoms with van der Waals surface area (Å²) in [6.07, 6.45) is -4.96. The first-order valence-electron chi connectivity index (χ1n) is 4.93. The van der Waals surface area contributed by atoms with Gasteiger partial charge in [0.25, 0.3) is 0 Å². The maximum absolute atomic E-state index is 12.2. The molecule has 1 aromatic carbocycles. The quantitative estimate of drug-likeness (QED) is 0.848. The summed E-state index contributed by atoms with van der Waals surface area (Å²) < 4.78 is 44.9. The standard InChI is InChI=1S/C11H9F3N2O3/c1-18-10(17)6-2-7(4-15)9(8(3-6)5-16)19-11(12,13)14/h2-3H,4,15H2,1H3. The lowest BCUT2D eigenvalue weighted by atomic mass is 10.0. The van der Waals surface area contributed by atoms with E-state index in [1.165, 1.54) is 6.07 Å². The number of nitrogens with two attached hydrogens (primary N) is 1. The number of ether oxygens (including phenoxy) is 2. The molecule has 0 aliphatic carbocycles. The third-order valence-corrected chi connectivity index (χ3v) is 2.15. The highest BCUT2D eigenvalue weighted by molar-refractivity contribution is 5.90. The highest BCUT2D eigenvalue weighted by Gasteiger charge is 2.33. The molecule has 0 aliphatic rings. The van der Waals surface area contributed by atoms with Crippen molar-refractivity contribution < 1.29 is 27.4 Å². The van der Waals surface area contributed by atoms with Crippen LogP contribution in [0.2, 0.25) is 0 Å². The molecular formula is C11H9F3N2O3. The van der Waals surface area contributed by atoms with Crippen LogP contribution in [0, 0.1) is 11.3 Å². The van der Waals surface area contributed by atoms with Crippen LogP contribution in [-0.2, 0) is 11.3 Å². The van der Waals surface area contributed by atoms with Gasteiger partial charge in [0.1, 0.15) is 6.07 Å². The van der Waals surface area contributed by atoms with Crippen molar-refractivity contribution in [3.05, 3.63) is 28.8 Å². The number of rotatable bonds is 3. The Labute approximate surface area is 106 Å². The number of esters is 1. The van der Waals surface area contributed by atoms with Gasteiger partial charge in [-0.1, -0.05) is 0 Å². The van der Waals surface area contributed by atoms with Gasteiger partial charge in [-0.15, -0.1) is 13.2 Å². The van der Waals surface area contributed by atoms with Gasteiger partial charge in [-0.2, -0.15) is 5.26 Å². The number of carbonyl (C=O) groups excluding carboxylic acids is 1. The fourth-order valence-electron chi connectivity index (χ4n) is 1.40. The second kappa shape index (κ2) is 5.58. The number of alkyl halides is 3. The summed E-state index contributed by atoms with van der Waals surface area (Å²) in [5.74, 6) is -1.49. The van der Waals surface area contributed by atoms with E-state index in [2.05, 4.69) is 9.47 Å². The molecule has 1 aromatic rings. The number of hydrogen-bond donors (Lipinski definition) is 1. The van der Waals surface area contributed by atoms with Crippen molar-refractivity contribution in [2.45, 2.75) is 12.9 Å². The summed E-state index contributed by atoms with van der Waals surface area (Å²) in [7, 11) is 1.11. The van der Waals surface area contributed by atoms with Crippen molar-refractivity contribution in [1.82, 2.24) is 0 Å². The van der Waals surface area contributed by atoms with E-state index in [9.17, 15) is 18.0 Å². The zero-order valence-corrected chi connectivity index (χ0v) is 9.75. The normalized spacial score (nSPS) is 10.7. The van der Waals surface area contributed by atoms with Gasteiger partial charge in [0, 0.05) is 12.1 Å². The first-order valence-corrected chi connectivity index (χ1v) is 4.93. The number of nitriles is 1. The molecular weight excluding hydrogens is 265 g/mol. The summed E-state index contributed by atoms with van der Waals surface area (Å²) in [4.78, 5) is 11.3. The van der Waals surface area contributed by atoms with E-state index in [0.29, 0.717) is 0 Å². The average Bonchev–Trinajstić information content (AvgIpc) is 2.36. The summed E-state index contributed by atoms with van der Waals surface area (Å²) in [5, 5.41) is 8.82. The van der Waals surface area contributed by atoms with Gasteiger partial charge in [0.05, 0.1) is 18.2 Å². The van der Waals surface area contributed by atoms with Gasteiger partial charge >= 0.3 is 12.3 Å². The zero-order chi connectivity index (χ0) is 14.6. The molecule has 0 aliphatic heterocycles. The Balaban J connectivity index is 3.39. The first kappa shape index (κ1) is 14.8. The van der Waals surface area contributed by atoms with Crippen molar-refractivity contribution in [3.8, 4) is 11.8 Å². The number of carbonyl (C=O) groups is 1. The van der Waals surface area contributed by atoms with Gasteiger partial charge < -0.3 is 15.2 Å². The first-order chi connectivity index (χ1) is 8.82. The van der Waals surface area contributed by atoms with Crippen LogP contribution >= 0.6 is 0 Å². The summed E-state index contributed by atoms with van der Waals surface area (Å²) >= 11 is 0. The molecule has 0 spiro atoms. The Bertz CT molecular complexity index is 535. The maximum atomic E-state index is 12.2. The molecule has 0 saturated heterocycles. The van der Waals surface area contributed by atoms with Crippen molar-refractivity contribution in [2.75, 3.05) is 7.11 Å². The van der Waals surface area contributed by atoms with E-state index in [0.717, 1.165) is 19.2 Å². The predicted molar refractivity (Wildman–Crippen MR) is 57.1 cm³/mol. The Hall–Kier alpha value is -2.27. The number of benzene rings is 1. The highest BCUT2D eigenvalue weighted by Crippen LogP contribution is 2.31. The molecule has 0 radical (unpaired) electrons. The number of nitrogens with zero attached hydrogens (tertiary/aromatic N) is 1. The zero-order valence-electron chi connectivity index (χ0n) is 9.75. The Morgan fingerprint density at radius 1 is 1.47 bits per heavy atom. The molecule has 102 valence electrons. The topological polar surface area (TPSA) is 85.3 Å². The minimum atomic E-state index is -4.96. The molecule has 0 amide bonds. The Morgan fingerprint density at radius 2 is 2.11 bits per heavy atom. The van der Waals surface area contributed by atoms with Gasteiger partial charge in [0.15, 0.2) is 5.75 Å². The number of methoxy groups -OCH3 is 1. The van der Waals surface area contributed by atoms with Crippen LogP contribution in [0.15, 0.2) is 12.1 Å². The molecule has 0 heterocycles. The second-order valence-corrected chi connectivity index (χ2v) is 3.37. The van der Waals surface area contributed by atoms with Crippen LogP contribution in [0.25, 0.3) is 0 Å². The molecule has 19 heavy (non-hydrogen) atoms. The lowest BCUT2D eigenvalue weighted by Gasteiger charge is -2.14. The average molecular weight is 274 g/mol. The third kappa shape index (κ3) is 3.59. The van der Waals surface area contributed by atoms with Crippen molar-refractivity contribution in [3.63, 3.8) is 0 Å². The lowest BCUT2D eigenvalue weighted by Crippen LogP contribution is -2.20. The van der Waals surface area contributed by atoms with Crippen LogP contribution in [0.4, 0.5) is 13.2 Å². The van der Waals surface area contributed by atoms with Gasteiger partial charge in [-0.25, -0.2) is 4.79 Å². The molecule has 0 unspecified atom stereocenters. The minimum absolute atomic E-state index is 0.0750. The molecule has 0 saturated carbocycles. The molecule has 5 nitrogen and oxygen atoms in total. The van der Waals surface area contributed by atoms with E-state index in [1.807, 2.05) is 0 Å². The minimum Gasteiger partial charge on any atom is -0.465 e. The molecule has 0 aromatic heterocycles. The van der Waals surface area contributed by atoms with E-state index >= 15 is 0 Å². The monoisotopic (exact) mass is 274 g/mol.